The van der Waals surface area contributed by atoms with Crippen LogP contribution in [0.2, 0.25) is 10.0 Å². The number of aromatic amines is 1. The summed E-state index contributed by atoms with van der Waals surface area (Å²) in [7, 11) is 0. The van der Waals surface area contributed by atoms with Gasteiger partial charge in [0.1, 0.15) is 0 Å². The minimum Gasteiger partial charge on any atom is -0.398 e. The van der Waals surface area contributed by atoms with E-state index in [9.17, 15) is 0 Å². The summed E-state index contributed by atoms with van der Waals surface area (Å²) >= 11 is 13.1. The molecule has 0 saturated heterocycles. The van der Waals surface area contributed by atoms with Gasteiger partial charge in [-0.2, -0.15) is 0 Å². The van der Waals surface area contributed by atoms with Crippen molar-refractivity contribution in [2.75, 3.05) is 5.73 Å². The number of hydrogen-bond acceptors (Lipinski definition) is 3. The van der Waals surface area contributed by atoms with Gasteiger partial charge in [0.05, 0.1) is 10.0 Å². The SMILES string of the molecule is Nc1cc(Cl)c(Cl)cc1Sc1ncc[nH]1. The van der Waals surface area contributed by atoms with Gasteiger partial charge in [-0.05, 0) is 23.9 Å². The molecule has 0 aliphatic carbocycles. The molecule has 1 heterocycles. The van der Waals surface area contributed by atoms with Crippen molar-refractivity contribution in [1.29, 1.82) is 0 Å². The van der Waals surface area contributed by atoms with E-state index in [4.69, 9.17) is 28.9 Å². The highest BCUT2D eigenvalue weighted by atomic mass is 35.5. The van der Waals surface area contributed by atoms with E-state index < -0.39 is 0 Å². The highest BCUT2D eigenvalue weighted by Gasteiger charge is 2.07. The average Bonchev–Trinajstić information content (AvgIpc) is 2.67. The Balaban J connectivity index is 2.33. The zero-order valence-corrected chi connectivity index (χ0v) is 9.83. The van der Waals surface area contributed by atoms with Gasteiger partial charge in [0.15, 0.2) is 5.16 Å². The molecule has 2 aromatic rings. The van der Waals surface area contributed by atoms with Gasteiger partial charge in [-0.3, -0.25) is 0 Å². The Kier molecular flexibility index (Phi) is 3.09. The van der Waals surface area contributed by atoms with E-state index in [1.54, 1.807) is 24.5 Å². The number of anilines is 1. The molecule has 0 saturated carbocycles. The van der Waals surface area contributed by atoms with E-state index in [1.807, 2.05) is 0 Å². The van der Waals surface area contributed by atoms with E-state index >= 15 is 0 Å². The molecular formula is C9H7Cl2N3S. The van der Waals surface area contributed by atoms with E-state index in [0.717, 1.165) is 10.1 Å². The normalized spacial score (nSPS) is 10.5. The first-order valence-electron chi connectivity index (χ1n) is 4.08. The van der Waals surface area contributed by atoms with Crippen molar-refractivity contribution < 1.29 is 0 Å². The maximum atomic E-state index is 5.89. The number of hydrogen-bond donors (Lipinski definition) is 2. The highest BCUT2D eigenvalue weighted by Crippen LogP contribution is 2.35. The van der Waals surface area contributed by atoms with Crippen molar-refractivity contribution in [3.63, 3.8) is 0 Å². The van der Waals surface area contributed by atoms with Gasteiger partial charge >= 0.3 is 0 Å². The van der Waals surface area contributed by atoms with Crippen LogP contribution in [-0.4, -0.2) is 9.97 Å². The zero-order chi connectivity index (χ0) is 10.8. The fourth-order valence-electron chi connectivity index (χ4n) is 1.04. The summed E-state index contributed by atoms with van der Waals surface area (Å²) < 4.78 is 0. The van der Waals surface area contributed by atoms with Crippen LogP contribution in [0.1, 0.15) is 0 Å². The molecule has 6 heteroatoms. The minimum absolute atomic E-state index is 0.456. The number of nitrogens with two attached hydrogens (primary N) is 1. The number of imidazole rings is 1. The molecule has 2 rings (SSSR count). The van der Waals surface area contributed by atoms with Crippen molar-refractivity contribution in [3.8, 4) is 0 Å². The van der Waals surface area contributed by atoms with Gasteiger partial charge in [0, 0.05) is 23.0 Å². The van der Waals surface area contributed by atoms with Gasteiger partial charge in [-0.1, -0.05) is 23.2 Å². The minimum atomic E-state index is 0.456. The van der Waals surface area contributed by atoms with Crippen molar-refractivity contribution in [1.82, 2.24) is 9.97 Å². The molecule has 78 valence electrons. The van der Waals surface area contributed by atoms with E-state index in [1.165, 1.54) is 11.8 Å². The Morgan fingerprint density at radius 3 is 2.67 bits per heavy atom. The van der Waals surface area contributed by atoms with Crippen molar-refractivity contribution in [2.45, 2.75) is 10.1 Å². The quantitative estimate of drug-likeness (QED) is 0.813. The monoisotopic (exact) mass is 259 g/mol. The van der Waals surface area contributed by atoms with E-state index in [2.05, 4.69) is 9.97 Å². The first kappa shape index (κ1) is 10.7. The number of nitrogens with zero attached hydrogens (tertiary/aromatic N) is 1. The number of benzene rings is 1. The van der Waals surface area contributed by atoms with Gasteiger partial charge in [-0.15, -0.1) is 0 Å². The number of rotatable bonds is 2. The van der Waals surface area contributed by atoms with Crippen molar-refractivity contribution >= 4 is 40.7 Å². The maximum Gasteiger partial charge on any atom is 0.170 e. The standard InChI is InChI=1S/C9H7Cl2N3S/c10-5-3-7(12)8(4-6(5)11)15-9-13-1-2-14-9/h1-4H,12H2,(H,13,14). The number of nitrogens with one attached hydrogen (secondary N) is 1. The molecule has 0 radical (unpaired) electrons. The van der Waals surface area contributed by atoms with Crippen LogP contribution < -0.4 is 5.73 Å². The molecule has 0 amide bonds. The maximum absolute atomic E-state index is 5.89. The Morgan fingerprint density at radius 1 is 1.27 bits per heavy atom. The predicted molar refractivity (Wildman–Crippen MR) is 63.6 cm³/mol. The molecule has 15 heavy (non-hydrogen) atoms. The molecule has 0 atom stereocenters. The third kappa shape index (κ3) is 2.40. The average molecular weight is 260 g/mol. The largest absolute Gasteiger partial charge is 0.398 e. The topological polar surface area (TPSA) is 54.7 Å². The summed E-state index contributed by atoms with van der Waals surface area (Å²) in [5, 5.41) is 1.71. The lowest BCUT2D eigenvalue weighted by molar-refractivity contribution is 1.06. The molecule has 0 unspecified atom stereocenters. The fraction of sp³-hybridized carbons (Fsp3) is 0. The number of H-pyrrole nitrogens is 1. The lowest BCUT2D eigenvalue weighted by Gasteiger charge is -2.05. The lowest BCUT2D eigenvalue weighted by Crippen LogP contribution is -1.89. The highest BCUT2D eigenvalue weighted by molar-refractivity contribution is 7.99. The Labute approximate surface area is 101 Å². The van der Waals surface area contributed by atoms with Crippen LogP contribution in [0.15, 0.2) is 34.6 Å². The molecule has 3 N–H and O–H groups in total. The molecule has 0 fully saturated rings. The Hall–Kier alpha value is -0.840. The predicted octanol–water partition coefficient (Wildman–Crippen LogP) is 3.45. The van der Waals surface area contributed by atoms with Crippen molar-refractivity contribution in [3.05, 3.63) is 34.6 Å². The molecule has 0 bridgehead atoms. The van der Waals surface area contributed by atoms with Crippen LogP contribution in [0.25, 0.3) is 0 Å². The van der Waals surface area contributed by atoms with Gasteiger partial charge in [0.2, 0.25) is 0 Å². The molecule has 0 spiro atoms. The summed E-state index contributed by atoms with van der Waals surface area (Å²) in [6.45, 7) is 0. The smallest absolute Gasteiger partial charge is 0.170 e. The van der Waals surface area contributed by atoms with Crippen LogP contribution >= 0.6 is 35.0 Å². The van der Waals surface area contributed by atoms with E-state index in [0.29, 0.717) is 15.7 Å². The zero-order valence-electron chi connectivity index (χ0n) is 7.50. The molecule has 1 aromatic carbocycles. The second-order valence-corrected chi connectivity index (χ2v) is 4.65. The number of halogens is 2. The summed E-state index contributed by atoms with van der Waals surface area (Å²) in [5.41, 5.74) is 6.39. The number of aromatic nitrogens is 2. The third-order valence-corrected chi connectivity index (χ3v) is 3.44. The second-order valence-electron chi connectivity index (χ2n) is 2.80. The fourth-order valence-corrected chi connectivity index (χ4v) is 2.25. The molecule has 3 nitrogen and oxygen atoms in total. The molecule has 0 aliphatic rings. The van der Waals surface area contributed by atoms with Gasteiger partial charge in [0.25, 0.3) is 0 Å². The van der Waals surface area contributed by atoms with Crippen LogP contribution in [0.3, 0.4) is 0 Å². The lowest BCUT2D eigenvalue weighted by atomic mass is 10.3. The van der Waals surface area contributed by atoms with Crippen LogP contribution in [0.5, 0.6) is 0 Å². The Morgan fingerprint density at radius 2 is 2.00 bits per heavy atom. The third-order valence-electron chi connectivity index (χ3n) is 1.73. The van der Waals surface area contributed by atoms with Crippen LogP contribution in [0.4, 0.5) is 5.69 Å². The second kappa shape index (κ2) is 4.35. The summed E-state index contributed by atoms with van der Waals surface area (Å²) in [5.74, 6) is 0. The number of nitrogen functional groups attached to an aromatic ring is 1. The van der Waals surface area contributed by atoms with E-state index in [-0.39, 0.29) is 0 Å². The molecule has 0 aliphatic heterocycles. The molecular weight excluding hydrogens is 253 g/mol. The van der Waals surface area contributed by atoms with Crippen LogP contribution in [0, 0.1) is 0 Å². The first-order chi connectivity index (χ1) is 7.16. The van der Waals surface area contributed by atoms with Crippen molar-refractivity contribution in [2.24, 2.45) is 0 Å². The summed E-state index contributed by atoms with van der Waals surface area (Å²) in [6.07, 6.45) is 3.42. The summed E-state index contributed by atoms with van der Waals surface area (Å²) in [4.78, 5) is 7.88. The Bertz CT molecular complexity index is 470. The molecule has 1 aromatic heterocycles. The van der Waals surface area contributed by atoms with Crippen LogP contribution in [-0.2, 0) is 0 Å². The van der Waals surface area contributed by atoms with Gasteiger partial charge < -0.3 is 10.7 Å². The first-order valence-corrected chi connectivity index (χ1v) is 5.66. The van der Waals surface area contributed by atoms with Gasteiger partial charge in [-0.25, -0.2) is 4.98 Å². The summed E-state index contributed by atoms with van der Waals surface area (Å²) in [6, 6.07) is 3.36.